The van der Waals surface area contributed by atoms with Gasteiger partial charge in [-0.3, -0.25) is 9.59 Å². The molecule has 2 atom stereocenters. The van der Waals surface area contributed by atoms with E-state index in [9.17, 15) is 9.59 Å². The first-order valence-electron chi connectivity index (χ1n) is 10.3. The van der Waals surface area contributed by atoms with Gasteiger partial charge in [0.05, 0.1) is 7.11 Å². The van der Waals surface area contributed by atoms with E-state index in [1.54, 1.807) is 43.5 Å². The van der Waals surface area contributed by atoms with Gasteiger partial charge in [0.2, 0.25) is 12.0 Å². The number of hydrogen-bond acceptors (Lipinski definition) is 5. The van der Waals surface area contributed by atoms with Gasteiger partial charge in [0.15, 0.2) is 11.5 Å². The molecule has 0 bridgehead atoms. The van der Waals surface area contributed by atoms with Crippen molar-refractivity contribution in [1.82, 2.24) is 5.32 Å². The Morgan fingerprint density at radius 3 is 2.53 bits per heavy atom. The van der Waals surface area contributed by atoms with E-state index in [0.717, 1.165) is 5.56 Å². The molecule has 1 aliphatic heterocycles. The molecule has 3 aromatic carbocycles. The van der Waals surface area contributed by atoms with Crippen LogP contribution < -0.4 is 24.8 Å². The van der Waals surface area contributed by atoms with Gasteiger partial charge in [-0.1, -0.05) is 48.5 Å². The van der Waals surface area contributed by atoms with Crippen LogP contribution in [-0.4, -0.2) is 37.7 Å². The van der Waals surface area contributed by atoms with Crippen LogP contribution >= 0.6 is 0 Å². The van der Waals surface area contributed by atoms with Crippen molar-refractivity contribution < 1.29 is 23.8 Å². The van der Waals surface area contributed by atoms with Gasteiger partial charge in [0, 0.05) is 18.2 Å². The SMILES string of the molecule is COc1cccc(NC(=O)[C@H](Cc2ccccc2)NC(=O)[C@H]2COc3ccccc3O2)c1. The number of amides is 2. The minimum Gasteiger partial charge on any atom is -0.497 e. The van der Waals surface area contributed by atoms with Crippen LogP contribution in [0.1, 0.15) is 5.56 Å². The quantitative estimate of drug-likeness (QED) is 0.599. The number of anilines is 1. The van der Waals surface area contributed by atoms with Crippen LogP contribution in [0, 0.1) is 0 Å². The summed E-state index contributed by atoms with van der Waals surface area (Å²) in [4.78, 5) is 26.0. The molecule has 0 aliphatic carbocycles. The minimum atomic E-state index is -0.854. The summed E-state index contributed by atoms with van der Waals surface area (Å²) < 4.78 is 16.6. The molecule has 0 fully saturated rings. The molecule has 32 heavy (non-hydrogen) atoms. The van der Waals surface area contributed by atoms with Gasteiger partial charge < -0.3 is 24.8 Å². The van der Waals surface area contributed by atoms with Crippen molar-refractivity contribution in [1.29, 1.82) is 0 Å². The summed E-state index contributed by atoms with van der Waals surface area (Å²) in [5.74, 6) is 0.958. The van der Waals surface area contributed by atoms with Crippen molar-refractivity contribution >= 4 is 17.5 Å². The lowest BCUT2D eigenvalue weighted by Crippen LogP contribution is -2.52. The maximum Gasteiger partial charge on any atom is 0.265 e. The zero-order chi connectivity index (χ0) is 22.3. The number of para-hydroxylation sites is 2. The van der Waals surface area contributed by atoms with Crippen LogP contribution in [0.2, 0.25) is 0 Å². The highest BCUT2D eigenvalue weighted by Gasteiger charge is 2.31. The third-order valence-electron chi connectivity index (χ3n) is 5.05. The fourth-order valence-corrected chi connectivity index (χ4v) is 3.40. The molecule has 4 rings (SSSR count). The monoisotopic (exact) mass is 432 g/mol. The Morgan fingerprint density at radius 2 is 1.75 bits per heavy atom. The van der Waals surface area contributed by atoms with Crippen molar-refractivity contribution in [3.05, 3.63) is 84.4 Å². The summed E-state index contributed by atoms with van der Waals surface area (Å²) >= 11 is 0. The second kappa shape index (κ2) is 9.87. The Labute approximate surface area is 186 Å². The molecule has 0 unspecified atom stereocenters. The first-order chi connectivity index (χ1) is 15.6. The van der Waals surface area contributed by atoms with E-state index in [2.05, 4.69) is 10.6 Å². The number of hydrogen-bond donors (Lipinski definition) is 2. The Hall–Kier alpha value is -4.00. The van der Waals surface area contributed by atoms with Crippen molar-refractivity contribution in [2.75, 3.05) is 19.0 Å². The number of ether oxygens (including phenoxy) is 3. The number of nitrogens with one attached hydrogen (secondary N) is 2. The molecule has 0 spiro atoms. The second-order valence-electron chi connectivity index (χ2n) is 7.34. The lowest BCUT2D eigenvalue weighted by atomic mass is 10.0. The third kappa shape index (κ3) is 5.18. The number of rotatable bonds is 7. The van der Waals surface area contributed by atoms with Gasteiger partial charge in [0.25, 0.3) is 5.91 Å². The lowest BCUT2D eigenvalue weighted by Gasteiger charge is -2.27. The van der Waals surface area contributed by atoms with Crippen molar-refractivity contribution in [2.24, 2.45) is 0 Å². The van der Waals surface area contributed by atoms with Crippen LogP contribution in [-0.2, 0) is 16.0 Å². The number of fused-ring (bicyclic) bond motifs is 1. The molecule has 1 aliphatic rings. The second-order valence-corrected chi connectivity index (χ2v) is 7.34. The van der Waals surface area contributed by atoms with Gasteiger partial charge in [-0.2, -0.15) is 0 Å². The van der Waals surface area contributed by atoms with Crippen LogP contribution in [0.4, 0.5) is 5.69 Å². The molecule has 0 radical (unpaired) electrons. The van der Waals surface area contributed by atoms with Gasteiger partial charge >= 0.3 is 0 Å². The number of methoxy groups -OCH3 is 1. The lowest BCUT2D eigenvalue weighted by molar-refractivity contribution is -0.133. The predicted octanol–water partition coefficient (Wildman–Crippen LogP) is 3.20. The molecule has 1 heterocycles. The maximum atomic E-state index is 13.1. The average molecular weight is 432 g/mol. The molecule has 164 valence electrons. The van der Waals surface area contributed by atoms with E-state index in [4.69, 9.17) is 14.2 Å². The van der Waals surface area contributed by atoms with Gasteiger partial charge in [0.1, 0.15) is 18.4 Å². The first kappa shape index (κ1) is 21.2. The summed E-state index contributed by atoms with van der Waals surface area (Å²) in [7, 11) is 1.56. The van der Waals surface area contributed by atoms with Crippen LogP contribution in [0.3, 0.4) is 0 Å². The van der Waals surface area contributed by atoms with Crippen molar-refractivity contribution in [3.8, 4) is 17.2 Å². The summed E-state index contributed by atoms with van der Waals surface area (Å²) in [6.45, 7) is 0.0679. The molecule has 0 saturated carbocycles. The van der Waals surface area contributed by atoms with E-state index in [1.807, 2.05) is 42.5 Å². The largest absolute Gasteiger partial charge is 0.497 e. The zero-order valence-electron chi connectivity index (χ0n) is 17.6. The summed E-state index contributed by atoms with van der Waals surface area (Å²) in [5.41, 5.74) is 1.50. The van der Waals surface area contributed by atoms with Crippen molar-refractivity contribution in [2.45, 2.75) is 18.6 Å². The molecule has 2 N–H and O–H groups in total. The summed E-state index contributed by atoms with van der Waals surface area (Å²) in [6, 6.07) is 22.9. The minimum absolute atomic E-state index is 0.0679. The summed E-state index contributed by atoms with van der Waals surface area (Å²) in [6.07, 6.45) is -0.528. The average Bonchev–Trinajstić information content (AvgIpc) is 2.84. The molecule has 7 nitrogen and oxygen atoms in total. The van der Waals surface area contributed by atoms with E-state index in [1.165, 1.54) is 0 Å². The standard InChI is InChI=1S/C25H24N2O5/c1-30-19-11-7-10-18(15-19)26-24(28)20(14-17-8-3-2-4-9-17)27-25(29)23-16-31-21-12-5-6-13-22(21)32-23/h2-13,15,20,23H,14,16H2,1H3,(H,26,28)(H,27,29)/t20-,23+/m0/s1. The van der Waals surface area contributed by atoms with Gasteiger partial charge in [-0.05, 0) is 29.8 Å². The smallest absolute Gasteiger partial charge is 0.265 e. The van der Waals surface area contributed by atoms with Gasteiger partial charge in [-0.25, -0.2) is 0 Å². The Kier molecular flexibility index (Phi) is 6.55. The molecule has 0 saturated heterocycles. The van der Waals surface area contributed by atoms with E-state index >= 15 is 0 Å². The zero-order valence-corrected chi connectivity index (χ0v) is 17.6. The first-order valence-corrected chi connectivity index (χ1v) is 10.3. The number of carbonyl (C=O) groups excluding carboxylic acids is 2. The molecular weight excluding hydrogens is 408 g/mol. The molecule has 0 aromatic heterocycles. The maximum absolute atomic E-state index is 13.1. The molecule has 3 aromatic rings. The fraction of sp³-hybridized carbons (Fsp3) is 0.200. The predicted molar refractivity (Wildman–Crippen MR) is 120 cm³/mol. The van der Waals surface area contributed by atoms with Crippen LogP contribution in [0.5, 0.6) is 17.2 Å². The third-order valence-corrected chi connectivity index (χ3v) is 5.05. The Bertz CT molecular complexity index is 1090. The van der Waals surface area contributed by atoms with E-state index < -0.39 is 18.1 Å². The topological polar surface area (TPSA) is 85.9 Å². The van der Waals surface area contributed by atoms with Crippen LogP contribution in [0.25, 0.3) is 0 Å². The number of benzene rings is 3. The van der Waals surface area contributed by atoms with Crippen LogP contribution in [0.15, 0.2) is 78.9 Å². The normalized spacial score (nSPS) is 15.3. The molecule has 2 amide bonds. The van der Waals surface area contributed by atoms with E-state index in [0.29, 0.717) is 29.4 Å². The molecule has 7 heteroatoms. The fourth-order valence-electron chi connectivity index (χ4n) is 3.40. The van der Waals surface area contributed by atoms with Gasteiger partial charge in [-0.15, -0.1) is 0 Å². The highest BCUT2D eigenvalue weighted by atomic mass is 16.6. The molecular formula is C25H24N2O5. The highest BCUT2D eigenvalue weighted by Crippen LogP contribution is 2.31. The highest BCUT2D eigenvalue weighted by molar-refractivity contribution is 5.98. The van der Waals surface area contributed by atoms with Crippen molar-refractivity contribution in [3.63, 3.8) is 0 Å². The Morgan fingerprint density at radius 1 is 1.00 bits per heavy atom. The Balaban J connectivity index is 1.48. The number of carbonyl (C=O) groups is 2. The van der Waals surface area contributed by atoms with E-state index in [-0.39, 0.29) is 12.5 Å². The summed E-state index contributed by atoms with van der Waals surface area (Å²) in [5, 5.41) is 5.68.